The van der Waals surface area contributed by atoms with Crippen LogP contribution in [0.5, 0.6) is 0 Å². The molecule has 0 aliphatic carbocycles. The Bertz CT molecular complexity index is 715. The quantitative estimate of drug-likeness (QED) is 0.726. The Morgan fingerprint density at radius 2 is 1.73 bits per heavy atom. The summed E-state index contributed by atoms with van der Waals surface area (Å²) in [6.45, 7) is 0. The first kappa shape index (κ1) is 16.6. The Hall–Kier alpha value is -1.79. The summed E-state index contributed by atoms with van der Waals surface area (Å²) in [6, 6.07) is 5.52. The second-order valence-electron chi connectivity index (χ2n) is 4.22. The topological polar surface area (TPSA) is 39.2 Å². The number of hydrogen-bond acceptors (Lipinski definition) is 3. The molecule has 1 aromatic heterocycles. The summed E-state index contributed by atoms with van der Waals surface area (Å²) in [5.41, 5.74) is -0.502. The van der Waals surface area contributed by atoms with Crippen molar-refractivity contribution in [1.29, 1.82) is 0 Å². The monoisotopic (exact) mass is 349 g/mol. The SMILES string of the molecule is COC(=O)c1nc(-c2ccc(C(F)(F)F)cc2)c(Cl)cc1Cl. The lowest BCUT2D eigenvalue weighted by Crippen LogP contribution is -2.07. The summed E-state index contributed by atoms with van der Waals surface area (Å²) >= 11 is 11.8. The zero-order chi connectivity index (χ0) is 16.5. The van der Waals surface area contributed by atoms with Crippen molar-refractivity contribution in [3.05, 3.63) is 51.6 Å². The van der Waals surface area contributed by atoms with E-state index in [1.165, 1.54) is 18.2 Å². The minimum atomic E-state index is -4.44. The summed E-state index contributed by atoms with van der Waals surface area (Å²) in [6.07, 6.45) is -4.44. The van der Waals surface area contributed by atoms with Gasteiger partial charge in [-0.15, -0.1) is 0 Å². The molecule has 2 aromatic rings. The number of aromatic nitrogens is 1. The molecule has 8 heteroatoms. The summed E-state index contributed by atoms with van der Waals surface area (Å²) in [5, 5.41) is 0.102. The van der Waals surface area contributed by atoms with Crippen molar-refractivity contribution in [1.82, 2.24) is 4.98 Å². The highest BCUT2D eigenvalue weighted by Crippen LogP contribution is 2.33. The van der Waals surface area contributed by atoms with Crippen LogP contribution in [0, 0.1) is 0 Å². The van der Waals surface area contributed by atoms with E-state index in [1.807, 2.05) is 0 Å². The van der Waals surface area contributed by atoms with E-state index in [0.717, 1.165) is 19.2 Å². The molecule has 0 bridgehead atoms. The van der Waals surface area contributed by atoms with Gasteiger partial charge in [0.2, 0.25) is 0 Å². The summed E-state index contributed by atoms with van der Waals surface area (Å²) in [5.74, 6) is -0.769. The van der Waals surface area contributed by atoms with Crippen LogP contribution in [0.2, 0.25) is 10.0 Å². The number of carbonyl (C=O) groups is 1. The molecular weight excluding hydrogens is 342 g/mol. The van der Waals surface area contributed by atoms with Crippen LogP contribution in [-0.2, 0) is 10.9 Å². The Kier molecular flexibility index (Phi) is 4.63. The molecule has 0 amide bonds. The van der Waals surface area contributed by atoms with Crippen LogP contribution in [0.4, 0.5) is 13.2 Å². The van der Waals surface area contributed by atoms with Crippen molar-refractivity contribution < 1.29 is 22.7 Å². The molecule has 0 aliphatic rings. The van der Waals surface area contributed by atoms with Crippen molar-refractivity contribution in [2.24, 2.45) is 0 Å². The second kappa shape index (κ2) is 6.14. The lowest BCUT2D eigenvalue weighted by molar-refractivity contribution is -0.137. The average Bonchev–Trinajstić information content (AvgIpc) is 2.46. The third kappa shape index (κ3) is 3.34. The minimum Gasteiger partial charge on any atom is -0.464 e. The van der Waals surface area contributed by atoms with Gasteiger partial charge < -0.3 is 4.74 Å². The van der Waals surface area contributed by atoms with Crippen LogP contribution in [0.3, 0.4) is 0 Å². The highest BCUT2D eigenvalue weighted by molar-refractivity contribution is 6.37. The minimum absolute atomic E-state index is 0.00693. The molecule has 0 N–H and O–H groups in total. The van der Waals surface area contributed by atoms with Crippen molar-refractivity contribution in [2.45, 2.75) is 6.18 Å². The van der Waals surface area contributed by atoms with Gasteiger partial charge in [-0.25, -0.2) is 9.78 Å². The van der Waals surface area contributed by atoms with Gasteiger partial charge >= 0.3 is 12.1 Å². The van der Waals surface area contributed by atoms with Gasteiger partial charge in [-0.1, -0.05) is 35.3 Å². The molecule has 0 radical (unpaired) electrons. The Labute approximate surface area is 133 Å². The number of esters is 1. The van der Waals surface area contributed by atoms with Crippen molar-refractivity contribution in [3.63, 3.8) is 0 Å². The second-order valence-corrected chi connectivity index (χ2v) is 5.03. The third-order valence-electron chi connectivity index (χ3n) is 2.79. The zero-order valence-corrected chi connectivity index (χ0v) is 12.6. The van der Waals surface area contributed by atoms with Crippen LogP contribution in [0.15, 0.2) is 30.3 Å². The molecule has 0 spiro atoms. The molecule has 3 nitrogen and oxygen atoms in total. The number of benzene rings is 1. The third-order valence-corrected chi connectivity index (χ3v) is 3.37. The van der Waals surface area contributed by atoms with Crippen LogP contribution in [0.1, 0.15) is 16.1 Å². The highest BCUT2D eigenvalue weighted by atomic mass is 35.5. The van der Waals surface area contributed by atoms with E-state index in [9.17, 15) is 18.0 Å². The molecule has 0 fully saturated rings. The first-order valence-corrected chi connectivity index (χ1v) is 6.61. The molecule has 1 aromatic carbocycles. The van der Waals surface area contributed by atoms with E-state index in [0.29, 0.717) is 5.56 Å². The highest BCUT2D eigenvalue weighted by Gasteiger charge is 2.30. The van der Waals surface area contributed by atoms with Crippen LogP contribution < -0.4 is 0 Å². The Balaban J connectivity index is 2.50. The average molecular weight is 350 g/mol. The number of alkyl halides is 3. The largest absolute Gasteiger partial charge is 0.464 e. The number of pyridine rings is 1. The standard InChI is InChI=1S/C14H8Cl2F3NO2/c1-22-13(21)12-10(16)6-9(15)11(20-12)7-2-4-8(5-3-7)14(17,18)19/h2-6H,1H3. The summed E-state index contributed by atoms with van der Waals surface area (Å²) < 4.78 is 42.2. The van der Waals surface area contributed by atoms with Crippen molar-refractivity contribution >= 4 is 29.2 Å². The summed E-state index contributed by atoms with van der Waals surface area (Å²) in [4.78, 5) is 15.5. The van der Waals surface area contributed by atoms with E-state index < -0.39 is 17.7 Å². The van der Waals surface area contributed by atoms with Gasteiger partial charge in [0.05, 0.1) is 28.4 Å². The van der Waals surface area contributed by atoms with Gasteiger partial charge in [0.1, 0.15) is 0 Å². The maximum atomic E-state index is 12.5. The van der Waals surface area contributed by atoms with Crippen molar-refractivity contribution in [2.75, 3.05) is 7.11 Å². The maximum absolute atomic E-state index is 12.5. The molecule has 0 atom stereocenters. The smallest absolute Gasteiger partial charge is 0.416 e. The number of rotatable bonds is 2. The number of nitrogens with zero attached hydrogens (tertiary/aromatic N) is 1. The number of hydrogen-bond donors (Lipinski definition) is 0. The number of halogens is 5. The van der Waals surface area contributed by atoms with E-state index in [1.54, 1.807) is 0 Å². The first-order valence-electron chi connectivity index (χ1n) is 5.86. The van der Waals surface area contributed by atoms with Crippen LogP contribution in [-0.4, -0.2) is 18.1 Å². The van der Waals surface area contributed by atoms with Gasteiger partial charge in [0.15, 0.2) is 5.69 Å². The Morgan fingerprint density at radius 1 is 1.14 bits per heavy atom. The van der Waals surface area contributed by atoms with Gasteiger partial charge in [0, 0.05) is 5.56 Å². The fraction of sp³-hybridized carbons (Fsp3) is 0.143. The van der Waals surface area contributed by atoms with Gasteiger partial charge in [-0.05, 0) is 18.2 Å². The fourth-order valence-electron chi connectivity index (χ4n) is 1.73. The molecule has 22 heavy (non-hydrogen) atoms. The number of carbonyl (C=O) groups excluding carboxylic acids is 1. The zero-order valence-electron chi connectivity index (χ0n) is 11.0. The van der Waals surface area contributed by atoms with Crippen molar-refractivity contribution in [3.8, 4) is 11.3 Å². The van der Waals surface area contributed by atoms with Crippen LogP contribution >= 0.6 is 23.2 Å². The van der Waals surface area contributed by atoms with E-state index in [2.05, 4.69) is 9.72 Å². The van der Waals surface area contributed by atoms with E-state index in [-0.39, 0.29) is 21.4 Å². The van der Waals surface area contributed by atoms with E-state index in [4.69, 9.17) is 23.2 Å². The molecule has 0 saturated heterocycles. The molecule has 0 aliphatic heterocycles. The fourth-order valence-corrected chi connectivity index (χ4v) is 2.27. The van der Waals surface area contributed by atoms with Gasteiger partial charge in [-0.2, -0.15) is 13.2 Å². The van der Waals surface area contributed by atoms with Gasteiger partial charge in [0.25, 0.3) is 0 Å². The summed E-state index contributed by atoms with van der Waals surface area (Å²) in [7, 11) is 1.16. The molecule has 0 saturated carbocycles. The molecule has 1 heterocycles. The molecule has 2 rings (SSSR count). The lowest BCUT2D eigenvalue weighted by atomic mass is 10.1. The predicted molar refractivity (Wildman–Crippen MR) is 76.0 cm³/mol. The van der Waals surface area contributed by atoms with E-state index >= 15 is 0 Å². The lowest BCUT2D eigenvalue weighted by Gasteiger charge is -2.10. The number of methoxy groups -OCH3 is 1. The maximum Gasteiger partial charge on any atom is 0.416 e. The predicted octanol–water partition coefficient (Wildman–Crippen LogP) is 4.86. The Morgan fingerprint density at radius 3 is 2.23 bits per heavy atom. The normalized spacial score (nSPS) is 11.4. The molecule has 0 unspecified atom stereocenters. The van der Waals surface area contributed by atoms with Gasteiger partial charge in [-0.3, -0.25) is 0 Å². The first-order chi connectivity index (χ1) is 10.2. The molecule has 116 valence electrons. The van der Waals surface area contributed by atoms with Crippen LogP contribution in [0.25, 0.3) is 11.3 Å². The molecular formula is C14H8Cl2F3NO2. The number of ether oxygens (including phenoxy) is 1.